The third-order valence-corrected chi connectivity index (χ3v) is 3.31. The minimum Gasteiger partial charge on any atom is -0.478 e. The number of aromatic nitrogens is 1. The van der Waals surface area contributed by atoms with Gasteiger partial charge in [-0.25, -0.2) is 4.79 Å². The molecule has 3 aromatic rings. The van der Waals surface area contributed by atoms with Gasteiger partial charge in [0, 0.05) is 11.1 Å². The zero-order chi connectivity index (χ0) is 15.0. The fourth-order valence-corrected chi connectivity index (χ4v) is 2.39. The summed E-state index contributed by atoms with van der Waals surface area (Å²) in [7, 11) is 0. The van der Waals surface area contributed by atoms with Crippen LogP contribution in [-0.4, -0.2) is 21.6 Å². The summed E-state index contributed by atoms with van der Waals surface area (Å²) in [6.45, 7) is 0. The lowest BCUT2D eigenvalue weighted by molar-refractivity contribution is 0.0696. The van der Waals surface area contributed by atoms with Crippen molar-refractivity contribution in [2.75, 3.05) is 0 Å². The van der Waals surface area contributed by atoms with E-state index in [1.165, 1.54) is 12.1 Å². The number of fused-ring (bicyclic) bond motifs is 1. The standard InChI is InChI=1S/C16H12N2O3/c17-15(19)14-9-10-4-1-2-7-13(10)18(14)12-6-3-5-11(8-12)16(20)21/h1-9H,(H2,17,19)(H,20,21). The summed E-state index contributed by atoms with van der Waals surface area (Å²) in [6.07, 6.45) is 0. The zero-order valence-corrected chi connectivity index (χ0v) is 11.0. The van der Waals surface area contributed by atoms with Crippen molar-refractivity contribution in [3.8, 4) is 5.69 Å². The Labute approximate surface area is 120 Å². The summed E-state index contributed by atoms with van der Waals surface area (Å²) in [5.41, 5.74) is 7.30. The third kappa shape index (κ3) is 2.14. The number of nitrogens with zero attached hydrogens (tertiary/aromatic N) is 1. The van der Waals surface area contributed by atoms with Crippen LogP contribution in [-0.2, 0) is 0 Å². The van der Waals surface area contributed by atoms with Crippen LogP contribution in [0.25, 0.3) is 16.6 Å². The average Bonchev–Trinajstić information content (AvgIpc) is 2.87. The normalized spacial score (nSPS) is 10.7. The smallest absolute Gasteiger partial charge is 0.335 e. The lowest BCUT2D eigenvalue weighted by atomic mass is 10.2. The molecule has 0 unspecified atom stereocenters. The molecular formula is C16H12N2O3. The largest absolute Gasteiger partial charge is 0.478 e. The Morgan fingerprint density at radius 1 is 1.00 bits per heavy atom. The van der Waals surface area contributed by atoms with Gasteiger partial charge in [0.2, 0.25) is 0 Å². The van der Waals surface area contributed by atoms with E-state index in [0.717, 1.165) is 10.9 Å². The highest BCUT2D eigenvalue weighted by atomic mass is 16.4. The van der Waals surface area contributed by atoms with E-state index in [1.807, 2.05) is 24.3 Å². The summed E-state index contributed by atoms with van der Waals surface area (Å²) < 4.78 is 1.67. The van der Waals surface area contributed by atoms with Gasteiger partial charge in [-0.2, -0.15) is 0 Å². The molecule has 0 aliphatic heterocycles. The number of hydrogen-bond donors (Lipinski definition) is 2. The number of carboxylic acid groups (broad SMARTS) is 1. The van der Waals surface area contributed by atoms with E-state index >= 15 is 0 Å². The summed E-state index contributed by atoms with van der Waals surface area (Å²) in [5, 5.41) is 9.97. The van der Waals surface area contributed by atoms with Crippen molar-refractivity contribution in [1.29, 1.82) is 0 Å². The molecule has 1 heterocycles. The van der Waals surface area contributed by atoms with Gasteiger partial charge in [-0.05, 0) is 30.3 Å². The summed E-state index contributed by atoms with van der Waals surface area (Å²) in [4.78, 5) is 22.8. The second kappa shape index (κ2) is 4.79. The second-order valence-electron chi connectivity index (χ2n) is 4.64. The van der Waals surface area contributed by atoms with Gasteiger partial charge in [0.15, 0.2) is 0 Å². The highest BCUT2D eigenvalue weighted by Crippen LogP contribution is 2.24. The molecule has 3 N–H and O–H groups in total. The van der Waals surface area contributed by atoms with Gasteiger partial charge in [-0.1, -0.05) is 24.3 Å². The van der Waals surface area contributed by atoms with Crippen molar-refractivity contribution >= 4 is 22.8 Å². The van der Waals surface area contributed by atoms with Gasteiger partial charge < -0.3 is 15.4 Å². The number of amides is 1. The van der Waals surface area contributed by atoms with Crippen LogP contribution >= 0.6 is 0 Å². The maximum atomic E-state index is 11.7. The highest BCUT2D eigenvalue weighted by Gasteiger charge is 2.15. The van der Waals surface area contributed by atoms with Crippen LogP contribution in [0.2, 0.25) is 0 Å². The Balaban J connectivity index is 2.33. The predicted octanol–water partition coefficient (Wildman–Crippen LogP) is 2.43. The Bertz CT molecular complexity index is 865. The lowest BCUT2D eigenvalue weighted by Crippen LogP contribution is -2.16. The predicted molar refractivity (Wildman–Crippen MR) is 78.8 cm³/mol. The number of hydrogen-bond acceptors (Lipinski definition) is 2. The third-order valence-electron chi connectivity index (χ3n) is 3.31. The maximum Gasteiger partial charge on any atom is 0.335 e. The molecule has 0 saturated heterocycles. The Kier molecular flexibility index (Phi) is 2.95. The van der Waals surface area contributed by atoms with E-state index in [4.69, 9.17) is 10.8 Å². The topological polar surface area (TPSA) is 85.3 Å². The number of primary amides is 1. The van der Waals surface area contributed by atoms with Crippen molar-refractivity contribution in [2.45, 2.75) is 0 Å². The Hall–Kier alpha value is -3.08. The lowest BCUT2D eigenvalue weighted by Gasteiger charge is -2.09. The van der Waals surface area contributed by atoms with Gasteiger partial charge in [0.25, 0.3) is 5.91 Å². The van der Waals surface area contributed by atoms with Crippen molar-refractivity contribution < 1.29 is 14.7 Å². The molecule has 0 atom stereocenters. The van der Waals surface area contributed by atoms with Crippen LogP contribution in [0, 0.1) is 0 Å². The number of carbonyl (C=O) groups is 2. The molecule has 0 spiro atoms. The van der Waals surface area contributed by atoms with E-state index in [0.29, 0.717) is 11.4 Å². The highest BCUT2D eigenvalue weighted by molar-refractivity contribution is 5.99. The minimum absolute atomic E-state index is 0.153. The zero-order valence-electron chi connectivity index (χ0n) is 11.0. The molecule has 0 bridgehead atoms. The molecule has 0 aliphatic rings. The number of para-hydroxylation sites is 1. The van der Waals surface area contributed by atoms with E-state index in [9.17, 15) is 9.59 Å². The van der Waals surface area contributed by atoms with Crippen molar-refractivity contribution in [2.24, 2.45) is 5.73 Å². The second-order valence-corrected chi connectivity index (χ2v) is 4.64. The summed E-state index contributed by atoms with van der Waals surface area (Å²) >= 11 is 0. The van der Waals surface area contributed by atoms with E-state index in [2.05, 4.69) is 0 Å². The number of nitrogens with two attached hydrogens (primary N) is 1. The molecule has 21 heavy (non-hydrogen) atoms. The Morgan fingerprint density at radius 2 is 1.76 bits per heavy atom. The molecule has 1 amide bonds. The van der Waals surface area contributed by atoms with E-state index in [1.54, 1.807) is 22.8 Å². The summed E-state index contributed by atoms with van der Waals surface area (Å²) in [6, 6.07) is 15.5. The van der Waals surface area contributed by atoms with Crippen LogP contribution in [0.15, 0.2) is 54.6 Å². The van der Waals surface area contributed by atoms with Gasteiger partial charge in [0.1, 0.15) is 5.69 Å². The molecule has 2 aromatic carbocycles. The Morgan fingerprint density at radius 3 is 2.48 bits per heavy atom. The summed E-state index contributed by atoms with van der Waals surface area (Å²) in [5.74, 6) is -1.58. The maximum absolute atomic E-state index is 11.7. The average molecular weight is 280 g/mol. The van der Waals surface area contributed by atoms with E-state index < -0.39 is 11.9 Å². The van der Waals surface area contributed by atoms with Crippen LogP contribution in [0.4, 0.5) is 0 Å². The fourth-order valence-electron chi connectivity index (χ4n) is 2.39. The van der Waals surface area contributed by atoms with Gasteiger partial charge >= 0.3 is 5.97 Å². The fraction of sp³-hybridized carbons (Fsp3) is 0. The molecule has 5 heteroatoms. The first-order valence-electron chi connectivity index (χ1n) is 6.32. The first kappa shape index (κ1) is 12.9. The van der Waals surface area contributed by atoms with Gasteiger partial charge in [-0.3, -0.25) is 4.79 Å². The first-order chi connectivity index (χ1) is 10.1. The van der Waals surface area contributed by atoms with Crippen LogP contribution in [0.3, 0.4) is 0 Å². The molecule has 0 fully saturated rings. The molecule has 1 aromatic heterocycles. The molecule has 5 nitrogen and oxygen atoms in total. The number of aromatic carboxylic acids is 1. The molecule has 3 rings (SSSR count). The number of carbonyl (C=O) groups excluding carboxylic acids is 1. The first-order valence-corrected chi connectivity index (χ1v) is 6.32. The molecule has 0 aliphatic carbocycles. The molecule has 104 valence electrons. The monoisotopic (exact) mass is 280 g/mol. The van der Waals surface area contributed by atoms with E-state index in [-0.39, 0.29) is 5.56 Å². The van der Waals surface area contributed by atoms with Crippen molar-refractivity contribution in [1.82, 2.24) is 4.57 Å². The molecule has 0 saturated carbocycles. The number of carboxylic acids is 1. The SMILES string of the molecule is NC(=O)c1cc2ccccc2n1-c1cccc(C(=O)O)c1. The number of benzene rings is 2. The van der Waals surface area contributed by atoms with Crippen LogP contribution < -0.4 is 5.73 Å². The van der Waals surface area contributed by atoms with Crippen molar-refractivity contribution in [3.05, 3.63) is 65.9 Å². The minimum atomic E-state index is -1.02. The van der Waals surface area contributed by atoms with Gasteiger partial charge in [0.05, 0.1) is 11.1 Å². The molecule has 0 radical (unpaired) electrons. The van der Waals surface area contributed by atoms with Crippen molar-refractivity contribution in [3.63, 3.8) is 0 Å². The quantitative estimate of drug-likeness (QED) is 0.772. The van der Waals surface area contributed by atoms with Crippen LogP contribution in [0.1, 0.15) is 20.8 Å². The molecular weight excluding hydrogens is 268 g/mol. The number of rotatable bonds is 3. The van der Waals surface area contributed by atoms with Gasteiger partial charge in [-0.15, -0.1) is 0 Å². The van der Waals surface area contributed by atoms with Crippen LogP contribution in [0.5, 0.6) is 0 Å².